The number of hydrogen-bond acceptors (Lipinski definition) is 3. The summed E-state index contributed by atoms with van der Waals surface area (Å²) in [6, 6.07) is 0. The lowest BCUT2D eigenvalue weighted by Gasteiger charge is -2.03. The topological polar surface area (TPSA) is 47.6 Å². The van der Waals surface area contributed by atoms with Gasteiger partial charge >= 0.3 is 0 Å². The van der Waals surface area contributed by atoms with E-state index in [1.165, 1.54) is 0 Å². The third-order valence-corrected chi connectivity index (χ3v) is 1.19. The van der Waals surface area contributed by atoms with Gasteiger partial charge in [-0.05, 0) is 26.3 Å². The van der Waals surface area contributed by atoms with Crippen LogP contribution in [0.3, 0.4) is 0 Å². The highest BCUT2D eigenvalue weighted by Crippen LogP contribution is 1.94. The molecule has 3 nitrogen and oxygen atoms in total. The Balaban J connectivity index is 3.16. The van der Waals surface area contributed by atoms with Gasteiger partial charge in [-0.2, -0.15) is 0 Å². The van der Waals surface area contributed by atoms with Crippen LogP contribution in [0.15, 0.2) is 5.16 Å². The standard InChI is InChI=1S/C7H16N2O/c1-3-7(2)10-9-6-4-5-8/h6-7H,3-5,8H2,1-2H3/b9-6+. The van der Waals surface area contributed by atoms with E-state index in [0.717, 1.165) is 12.8 Å². The second-order valence-electron chi connectivity index (χ2n) is 2.19. The second-order valence-corrected chi connectivity index (χ2v) is 2.19. The van der Waals surface area contributed by atoms with Crippen molar-refractivity contribution >= 4 is 6.21 Å². The Morgan fingerprint density at radius 2 is 2.40 bits per heavy atom. The third kappa shape index (κ3) is 5.56. The molecule has 0 fully saturated rings. The fourth-order valence-electron chi connectivity index (χ4n) is 0.349. The zero-order chi connectivity index (χ0) is 7.82. The second kappa shape index (κ2) is 6.55. The molecule has 10 heavy (non-hydrogen) atoms. The summed E-state index contributed by atoms with van der Waals surface area (Å²) in [4.78, 5) is 5.01. The van der Waals surface area contributed by atoms with E-state index in [4.69, 9.17) is 10.6 Å². The number of nitrogens with two attached hydrogens (primary N) is 1. The van der Waals surface area contributed by atoms with E-state index in [9.17, 15) is 0 Å². The van der Waals surface area contributed by atoms with E-state index < -0.39 is 0 Å². The van der Waals surface area contributed by atoms with Crippen LogP contribution in [-0.2, 0) is 4.84 Å². The SMILES string of the molecule is CCC(C)O/N=C/CCN. The molecule has 60 valence electrons. The van der Waals surface area contributed by atoms with Crippen LogP contribution in [0.1, 0.15) is 26.7 Å². The molecule has 2 N–H and O–H groups in total. The van der Waals surface area contributed by atoms with Crippen molar-refractivity contribution in [1.29, 1.82) is 0 Å². The number of oxime groups is 1. The molecule has 0 bridgehead atoms. The van der Waals surface area contributed by atoms with Gasteiger partial charge in [0.05, 0.1) is 0 Å². The van der Waals surface area contributed by atoms with E-state index in [-0.39, 0.29) is 6.10 Å². The van der Waals surface area contributed by atoms with Crippen molar-refractivity contribution in [3.63, 3.8) is 0 Å². The Labute approximate surface area is 62.2 Å². The molecule has 0 rings (SSSR count). The van der Waals surface area contributed by atoms with E-state index in [0.29, 0.717) is 6.54 Å². The van der Waals surface area contributed by atoms with Crippen molar-refractivity contribution in [2.75, 3.05) is 6.54 Å². The van der Waals surface area contributed by atoms with Gasteiger partial charge in [0.1, 0.15) is 6.10 Å². The van der Waals surface area contributed by atoms with Gasteiger partial charge in [-0.15, -0.1) is 0 Å². The number of hydrogen-bond donors (Lipinski definition) is 1. The summed E-state index contributed by atoms with van der Waals surface area (Å²) >= 11 is 0. The van der Waals surface area contributed by atoms with Crippen LogP contribution < -0.4 is 5.73 Å². The number of rotatable bonds is 5. The highest BCUT2D eigenvalue weighted by Gasteiger charge is 1.93. The molecule has 0 aliphatic carbocycles. The van der Waals surface area contributed by atoms with Crippen molar-refractivity contribution in [3.8, 4) is 0 Å². The molecule has 1 atom stereocenters. The van der Waals surface area contributed by atoms with Crippen LogP contribution in [0.4, 0.5) is 0 Å². The molecule has 1 unspecified atom stereocenters. The maximum absolute atomic E-state index is 5.23. The van der Waals surface area contributed by atoms with Crippen LogP contribution in [0.25, 0.3) is 0 Å². The monoisotopic (exact) mass is 144 g/mol. The molecular weight excluding hydrogens is 128 g/mol. The zero-order valence-electron chi connectivity index (χ0n) is 6.71. The first kappa shape index (κ1) is 9.43. The zero-order valence-corrected chi connectivity index (χ0v) is 6.71. The maximum atomic E-state index is 5.23. The van der Waals surface area contributed by atoms with Crippen molar-refractivity contribution in [2.45, 2.75) is 32.8 Å². The van der Waals surface area contributed by atoms with Crippen LogP contribution in [0, 0.1) is 0 Å². The van der Waals surface area contributed by atoms with Gasteiger partial charge < -0.3 is 10.6 Å². The van der Waals surface area contributed by atoms with Crippen LogP contribution in [-0.4, -0.2) is 18.9 Å². The van der Waals surface area contributed by atoms with Crippen LogP contribution >= 0.6 is 0 Å². The summed E-state index contributed by atoms with van der Waals surface area (Å²) in [6.07, 6.45) is 3.69. The molecular formula is C7H16N2O. The minimum Gasteiger partial charge on any atom is -0.393 e. The van der Waals surface area contributed by atoms with Gasteiger partial charge in [-0.25, -0.2) is 0 Å². The predicted molar refractivity (Wildman–Crippen MR) is 43.0 cm³/mol. The van der Waals surface area contributed by atoms with Crippen molar-refractivity contribution in [3.05, 3.63) is 0 Å². The molecule has 0 aromatic heterocycles. The summed E-state index contributed by atoms with van der Waals surface area (Å²) in [6.45, 7) is 4.68. The molecule has 0 saturated heterocycles. The van der Waals surface area contributed by atoms with Crippen LogP contribution in [0.2, 0.25) is 0 Å². The molecule has 0 aromatic rings. The lowest BCUT2D eigenvalue weighted by molar-refractivity contribution is 0.0707. The molecule has 0 aliphatic heterocycles. The first-order valence-electron chi connectivity index (χ1n) is 3.69. The van der Waals surface area contributed by atoms with E-state index in [1.54, 1.807) is 6.21 Å². The molecule has 0 saturated carbocycles. The number of nitrogens with zero attached hydrogens (tertiary/aromatic N) is 1. The lowest BCUT2D eigenvalue weighted by Crippen LogP contribution is -2.02. The minimum atomic E-state index is 0.217. The lowest BCUT2D eigenvalue weighted by atomic mass is 10.3. The third-order valence-electron chi connectivity index (χ3n) is 1.19. The van der Waals surface area contributed by atoms with Crippen molar-refractivity contribution in [2.24, 2.45) is 10.9 Å². The average molecular weight is 144 g/mol. The fourth-order valence-corrected chi connectivity index (χ4v) is 0.349. The van der Waals surface area contributed by atoms with Crippen molar-refractivity contribution in [1.82, 2.24) is 0 Å². The largest absolute Gasteiger partial charge is 0.393 e. The molecule has 0 aliphatic rings. The van der Waals surface area contributed by atoms with Gasteiger partial charge in [-0.1, -0.05) is 12.1 Å². The molecule has 0 aromatic carbocycles. The Morgan fingerprint density at radius 3 is 2.90 bits per heavy atom. The molecule has 0 spiro atoms. The molecule has 3 heteroatoms. The Morgan fingerprint density at radius 1 is 1.70 bits per heavy atom. The molecule has 0 heterocycles. The fraction of sp³-hybridized carbons (Fsp3) is 0.857. The summed E-state index contributed by atoms with van der Waals surface area (Å²) in [5, 5.41) is 3.73. The maximum Gasteiger partial charge on any atom is 0.124 e. The van der Waals surface area contributed by atoms with Gasteiger partial charge in [0.15, 0.2) is 0 Å². The summed E-state index contributed by atoms with van der Waals surface area (Å²) in [7, 11) is 0. The Bertz CT molecular complexity index is 93.6. The Hall–Kier alpha value is -0.570. The van der Waals surface area contributed by atoms with E-state index in [1.807, 2.05) is 6.92 Å². The quantitative estimate of drug-likeness (QED) is 0.464. The minimum absolute atomic E-state index is 0.217. The van der Waals surface area contributed by atoms with Gasteiger partial charge in [0, 0.05) is 6.21 Å². The first-order chi connectivity index (χ1) is 4.81. The van der Waals surface area contributed by atoms with Gasteiger partial charge in [0.25, 0.3) is 0 Å². The average Bonchev–Trinajstić information content (AvgIpc) is 1.98. The summed E-state index contributed by atoms with van der Waals surface area (Å²) in [5.41, 5.74) is 5.23. The summed E-state index contributed by atoms with van der Waals surface area (Å²) in [5.74, 6) is 0. The Kier molecular flexibility index (Phi) is 6.18. The van der Waals surface area contributed by atoms with Crippen LogP contribution in [0.5, 0.6) is 0 Å². The van der Waals surface area contributed by atoms with E-state index in [2.05, 4.69) is 12.1 Å². The van der Waals surface area contributed by atoms with Crippen molar-refractivity contribution < 1.29 is 4.84 Å². The molecule has 0 amide bonds. The highest BCUT2D eigenvalue weighted by molar-refractivity contribution is 5.56. The normalized spacial score (nSPS) is 13.9. The summed E-state index contributed by atoms with van der Waals surface area (Å²) < 4.78 is 0. The van der Waals surface area contributed by atoms with E-state index >= 15 is 0 Å². The highest BCUT2D eigenvalue weighted by atomic mass is 16.6. The van der Waals surface area contributed by atoms with Gasteiger partial charge in [-0.3, -0.25) is 0 Å². The smallest absolute Gasteiger partial charge is 0.124 e. The van der Waals surface area contributed by atoms with Gasteiger partial charge in [0.2, 0.25) is 0 Å². The molecule has 0 radical (unpaired) electrons. The first-order valence-corrected chi connectivity index (χ1v) is 3.69. The predicted octanol–water partition coefficient (Wildman–Crippen LogP) is 1.14.